The van der Waals surface area contributed by atoms with Crippen molar-refractivity contribution in [1.82, 2.24) is 30.1 Å². The highest BCUT2D eigenvalue weighted by Gasteiger charge is 2.09. The van der Waals surface area contributed by atoms with E-state index in [9.17, 15) is 9.59 Å². The average Bonchev–Trinajstić information content (AvgIpc) is 2.98. The van der Waals surface area contributed by atoms with Crippen molar-refractivity contribution in [1.29, 1.82) is 0 Å². The summed E-state index contributed by atoms with van der Waals surface area (Å²) in [4.78, 5) is 22.2. The molecule has 2 aromatic heterocycles. The molecule has 2 rings (SSSR count). The molecule has 0 spiro atoms. The normalized spacial score (nSPS) is 10.4. The zero-order chi connectivity index (χ0) is 13.8. The van der Waals surface area contributed by atoms with E-state index in [0.717, 1.165) is 0 Å². The van der Waals surface area contributed by atoms with Crippen LogP contribution in [0.3, 0.4) is 0 Å². The highest BCUT2D eigenvalue weighted by atomic mass is 16.4. The van der Waals surface area contributed by atoms with Crippen molar-refractivity contribution in [3.05, 3.63) is 29.8 Å². The Hall–Kier alpha value is -2.71. The van der Waals surface area contributed by atoms with Gasteiger partial charge in [-0.15, -0.1) is 5.10 Å². The van der Waals surface area contributed by atoms with Crippen LogP contribution in [0.2, 0.25) is 0 Å². The summed E-state index contributed by atoms with van der Waals surface area (Å²) in [5.74, 6) is -1.38. The van der Waals surface area contributed by atoms with E-state index < -0.39 is 5.97 Å². The summed E-state index contributed by atoms with van der Waals surface area (Å²) < 4.78 is 2.89. The Morgan fingerprint density at radius 2 is 2.21 bits per heavy atom. The van der Waals surface area contributed by atoms with Gasteiger partial charge in [0.1, 0.15) is 0 Å². The molecule has 9 heteroatoms. The van der Waals surface area contributed by atoms with Gasteiger partial charge >= 0.3 is 5.97 Å². The number of aryl methyl sites for hydroxylation is 1. The van der Waals surface area contributed by atoms with Crippen LogP contribution in [0.1, 0.15) is 20.8 Å². The number of hydrogen-bond acceptors (Lipinski definition) is 5. The maximum absolute atomic E-state index is 11.7. The molecule has 0 aromatic carbocycles. The van der Waals surface area contributed by atoms with Crippen molar-refractivity contribution in [2.75, 3.05) is 6.54 Å². The summed E-state index contributed by atoms with van der Waals surface area (Å²) in [6.45, 7) is 0.655. The molecule has 1 amide bonds. The molecule has 2 N–H and O–H groups in total. The molecule has 0 aliphatic heterocycles. The van der Waals surface area contributed by atoms with Crippen molar-refractivity contribution in [3.63, 3.8) is 0 Å². The van der Waals surface area contributed by atoms with Crippen LogP contribution in [0.5, 0.6) is 0 Å². The van der Waals surface area contributed by atoms with Gasteiger partial charge in [0.05, 0.1) is 24.5 Å². The summed E-state index contributed by atoms with van der Waals surface area (Å²) in [5, 5.41) is 22.3. The zero-order valence-electron chi connectivity index (χ0n) is 10.1. The molecule has 9 nitrogen and oxygen atoms in total. The monoisotopic (exact) mass is 264 g/mol. The van der Waals surface area contributed by atoms with Crippen molar-refractivity contribution >= 4 is 11.9 Å². The maximum atomic E-state index is 11.7. The van der Waals surface area contributed by atoms with Gasteiger partial charge in [0.15, 0.2) is 5.69 Å². The van der Waals surface area contributed by atoms with Crippen LogP contribution in [0.4, 0.5) is 0 Å². The number of rotatable bonds is 5. The van der Waals surface area contributed by atoms with Crippen LogP contribution in [-0.2, 0) is 13.6 Å². The van der Waals surface area contributed by atoms with Crippen molar-refractivity contribution < 1.29 is 14.7 Å². The Balaban J connectivity index is 1.83. The first-order valence-corrected chi connectivity index (χ1v) is 5.46. The Kier molecular flexibility index (Phi) is 3.55. The molecule has 0 bridgehead atoms. The molecular weight excluding hydrogens is 252 g/mol. The fourth-order valence-electron chi connectivity index (χ4n) is 1.43. The van der Waals surface area contributed by atoms with Crippen molar-refractivity contribution in [2.24, 2.45) is 7.05 Å². The molecular formula is C10H12N6O3. The van der Waals surface area contributed by atoms with E-state index in [0.29, 0.717) is 18.7 Å². The minimum atomic E-state index is -1.13. The van der Waals surface area contributed by atoms with Gasteiger partial charge in [-0.05, 0) is 0 Å². The van der Waals surface area contributed by atoms with Crippen molar-refractivity contribution in [2.45, 2.75) is 6.54 Å². The molecule has 0 radical (unpaired) electrons. The van der Waals surface area contributed by atoms with Gasteiger partial charge in [-0.3, -0.25) is 9.48 Å². The molecule has 2 aromatic rings. The number of carboxylic acid groups (broad SMARTS) is 1. The van der Waals surface area contributed by atoms with Gasteiger partial charge in [-0.25, -0.2) is 9.48 Å². The smallest absolute Gasteiger partial charge is 0.358 e. The first-order valence-electron chi connectivity index (χ1n) is 5.46. The molecule has 0 fully saturated rings. The van der Waals surface area contributed by atoms with Crippen LogP contribution in [-0.4, -0.2) is 48.3 Å². The molecule has 100 valence electrons. The number of aromatic nitrogens is 5. The number of carbonyl (C=O) groups is 2. The molecule has 0 aliphatic carbocycles. The van der Waals surface area contributed by atoms with Gasteiger partial charge in [-0.1, -0.05) is 5.21 Å². The third-order valence-corrected chi connectivity index (χ3v) is 2.35. The van der Waals surface area contributed by atoms with Crippen LogP contribution in [0, 0.1) is 0 Å². The Morgan fingerprint density at radius 3 is 2.79 bits per heavy atom. The summed E-state index contributed by atoms with van der Waals surface area (Å²) in [5.41, 5.74) is 0.339. The predicted molar refractivity (Wildman–Crippen MR) is 62.5 cm³/mol. The number of carbonyl (C=O) groups excluding carboxylic acids is 1. The van der Waals surface area contributed by atoms with E-state index in [1.54, 1.807) is 13.2 Å². The van der Waals surface area contributed by atoms with E-state index in [4.69, 9.17) is 5.11 Å². The van der Waals surface area contributed by atoms with E-state index in [2.05, 4.69) is 20.7 Å². The lowest BCUT2D eigenvalue weighted by Crippen LogP contribution is -2.27. The second-order valence-corrected chi connectivity index (χ2v) is 3.83. The Bertz CT molecular complexity index is 602. The van der Waals surface area contributed by atoms with E-state index in [1.165, 1.54) is 21.8 Å². The maximum Gasteiger partial charge on any atom is 0.358 e. The first kappa shape index (κ1) is 12.7. The summed E-state index contributed by atoms with van der Waals surface area (Å²) >= 11 is 0. The number of nitrogens with one attached hydrogen (secondary N) is 1. The quantitative estimate of drug-likeness (QED) is 0.726. The van der Waals surface area contributed by atoms with Gasteiger partial charge in [0.2, 0.25) is 0 Å². The fraction of sp³-hybridized carbons (Fsp3) is 0.300. The van der Waals surface area contributed by atoms with Crippen LogP contribution < -0.4 is 5.32 Å². The lowest BCUT2D eigenvalue weighted by Gasteiger charge is -2.02. The topological polar surface area (TPSA) is 115 Å². The largest absolute Gasteiger partial charge is 0.476 e. The highest BCUT2D eigenvalue weighted by Crippen LogP contribution is 1.96. The average molecular weight is 264 g/mol. The minimum absolute atomic E-state index is 0.126. The highest BCUT2D eigenvalue weighted by molar-refractivity contribution is 5.93. The standard InChI is InChI=1S/C10H12N6O3/c1-15-5-7(4-12-15)9(17)11-2-3-16-6-8(10(18)19)13-14-16/h4-6H,2-3H2,1H3,(H,11,17)(H,18,19). The van der Waals surface area contributed by atoms with Gasteiger partial charge < -0.3 is 10.4 Å². The zero-order valence-corrected chi connectivity index (χ0v) is 10.1. The number of carboxylic acids is 1. The number of hydrogen-bond donors (Lipinski definition) is 2. The van der Waals surface area contributed by atoms with Gasteiger partial charge in [-0.2, -0.15) is 5.10 Å². The van der Waals surface area contributed by atoms with Crippen LogP contribution >= 0.6 is 0 Å². The van der Waals surface area contributed by atoms with Crippen molar-refractivity contribution in [3.8, 4) is 0 Å². The predicted octanol–water partition coefficient (Wildman–Crippen LogP) is -0.860. The molecule has 0 unspecified atom stereocenters. The minimum Gasteiger partial charge on any atom is -0.476 e. The van der Waals surface area contributed by atoms with Crippen LogP contribution in [0.25, 0.3) is 0 Å². The lowest BCUT2D eigenvalue weighted by atomic mass is 10.3. The fourth-order valence-corrected chi connectivity index (χ4v) is 1.43. The summed E-state index contributed by atoms with van der Waals surface area (Å²) in [6.07, 6.45) is 4.37. The second kappa shape index (κ2) is 5.29. The molecule has 2 heterocycles. The first-order chi connectivity index (χ1) is 9.06. The third kappa shape index (κ3) is 3.15. The third-order valence-electron chi connectivity index (χ3n) is 2.35. The second-order valence-electron chi connectivity index (χ2n) is 3.83. The van der Waals surface area contributed by atoms with Crippen LogP contribution in [0.15, 0.2) is 18.6 Å². The molecule has 0 saturated carbocycles. The van der Waals surface area contributed by atoms with Gasteiger partial charge in [0.25, 0.3) is 5.91 Å². The lowest BCUT2D eigenvalue weighted by molar-refractivity contribution is 0.0690. The number of nitrogens with zero attached hydrogens (tertiary/aromatic N) is 5. The number of amides is 1. The Labute approximate surface area is 107 Å². The molecule has 19 heavy (non-hydrogen) atoms. The molecule has 0 atom stereocenters. The SMILES string of the molecule is Cn1cc(C(=O)NCCn2cc(C(=O)O)nn2)cn1. The summed E-state index contributed by atoms with van der Waals surface area (Å²) in [7, 11) is 1.72. The van der Waals surface area contributed by atoms with E-state index in [-0.39, 0.29) is 11.6 Å². The van der Waals surface area contributed by atoms with E-state index in [1.807, 2.05) is 0 Å². The molecule has 0 aliphatic rings. The van der Waals surface area contributed by atoms with Gasteiger partial charge in [0, 0.05) is 19.8 Å². The van der Waals surface area contributed by atoms with E-state index >= 15 is 0 Å². The summed E-state index contributed by atoms with van der Waals surface area (Å²) in [6, 6.07) is 0. The number of aromatic carboxylic acids is 1. The molecule has 0 saturated heterocycles. The Morgan fingerprint density at radius 1 is 1.42 bits per heavy atom.